The third-order valence-corrected chi connectivity index (χ3v) is 3.74. The zero-order chi connectivity index (χ0) is 12.1. The topological polar surface area (TPSA) is 36.2 Å². The van der Waals surface area contributed by atoms with Crippen molar-refractivity contribution in [2.75, 3.05) is 7.11 Å². The van der Waals surface area contributed by atoms with Gasteiger partial charge in [0.15, 0.2) is 18.5 Å². The van der Waals surface area contributed by atoms with E-state index in [1.807, 2.05) is 25.1 Å². The molecule has 0 aromatic carbocycles. The monoisotopic (exact) mass is 279 g/mol. The molecule has 1 rings (SSSR count). The number of hydrogen-bond acceptors (Lipinski definition) is 2. The van der Waals surface area contributed by atoms with Crippen molar-refractivity contribution in [1.29, 1.82) is 0 Å². The summed E-state index contributed by atoms with van der Waals surface area (Å²) in [5.41, 5.74) is 1.23. The number of methoxy groups -OCH3 is 1. The van der Waals surface area contributed by atoms with Crippen LogP contribution in [0.25, 0.3) is 5.44 Å². The number of nitrogens with zero attached hydrogens (tertiary/aromatic N) is 1. The van der Waals surface area contributed by atoms with Gasteiger partial charge in [-0.3, -0.25) is 0 Å². The Morgan fingerprint density at radius 3 is 2.69 bits per heavy atom. The van der Waals surface area contributed by atoms with E-state index in [0.29, 0.717) is 0 Å². The molecule has 0 atom stereocenters. The Hall–Kier alpha value is -0.500. The predicted octanol–water partition coefficient (Wildman–Crippen LogP) is 2.42. The summed E-state index contributed by atoms with van der Waals surface area (Å²) < 4.78 is 6.37. The molecule has 6 heteroatoms. The SMILES string of the molecule is CCc1cccc[n+]1/C(=C(\[O-])OC)P(Cl)Cl. The average molecular weight is 280 g/mol. The maximum absolute atomic E-state index is 11.6. The lowest BCUT2D eigenvalue weighted by Gasteiger charge is -2.13. The molecular weight excluding hydrogens is 268 g/mol. The highest BCUT2D eigenvalue weighted by atomic mass is 35.9. The Balaban J connectivity index is 3.32. The standard InChI is InChI=1S/C10H12Cl2NO2P/c1-3-8-6-4-5-7-13(8)9(16(11)12)10(14)15-2/h4-7H,3H2,1-2H3/b10-9-. The van der Waals surface area contributed by atoms with E-state index in [9.17, 15) is 5.11 Å². The van der Waals surface area contributed by atoms with Crippen LogP contribution in [-0.4, -0.2) is 7.11 Å². The lowest BCUT2D eigenvalue weighted by Crippen LogP contribution is -2.37. The second kappa shape index (κ2) is 6.29. The lowest BCUT2D eigenvalue weighted by atomic mass is 10.3. The maximum atomic E-state index is 11.6. The molecule has 0 fully saturated rings. The highest BCUT2D eigenvalue weighted by Gasteiger charge is 2.24. The first-order chi connectivity index (χ1) is 7.61. The zero-order valence-electron chi connectivity index (χ0n) is 8.98. The number of hydrogen-bond donors (Lipinski definition) is 0. The normalized spacial score (nSPS) is 12.6. The Kier molecular flexibility index (Phi) is 5.33. The molecule has 0 saturated heterocycles. The molecule has 0 amide bonds. The summed E-state index contributed by atoms with van der Waals surface area (Å²) in [5.74, 6) is -0.498. The van der Waals surface area contributed by atoms with Crippen LogP contribution < -0.4 is 9.67 Å². The number of pyridine rings is 1. The molecule has 0 bridgehead atoms. The number of halogens is 2. The van der Waals surface area contributed by atoms with Gasteiger partial charge in [0.25, 0.3) is 5.44 Å². The van der Waals surface area contributed by atoms with Gasteiger partial charge in [0, 0.05) is 18.6 Å². The van der Waals surface area contributed by atoms with Crippen molar-refractivity contribution in [2.24, 2.45) is 0 Å². The largest absolute Gasteiger partial charge is 0.612 e. The Morgan fingerprint density at radius 2 is 2.19 bits per heavy atom. The van der Waals surface area contributed by atoms with Crippen LogP contribution in [0.15, 0.2) is 30.3 Å². The summed E-state index contributed by atoms with van der Waals surface area (Å²) in [5, 5.41) is 11.6. The second-order valence-corrected chi connectivity index (χ2v) is 6.40. The van der Waals surface area contributed by atoms with Crippen molar-refractivity contribution < 1.29 is 14.4 Å². The van der Waals surface area contributed by atoms with Crippen LogP contribution in [0.5, 0.6) is 0 Å². The molecular formula is C10H12Cl2NO2P. The van der Waals surface area contributed by atoms with E-state index in [1.54, 1.807) is 10.8 Å². The molecule has 0 saturated carbocycles. The van der Waals surface area contributed by atoms with E-state index < -0.39 is 12.6 Å². The smallest absolute Gasteiger partial charge is 0.260 e. The van der Waals surface area contributed by atoms with Gasteiger partial charge in [-0.05, 0) is 7.11 Å². The number of aromatic nitrogens is 1. The molecule has 1 heterocycles. The minimum Gasteiger partial charge on any atom is -0.612 e. The molecule has 1 aromatic rings. The third-order valence-electron chi connectivity index (χ3n) is 2.06. The number of rotatable bonds is 4. The molecule has 0 N–H and O–H groups in total. The Labute approximate surface area is 106 Å². The van der Waals surface area contributed by atoms with Gasteiger partial charge >= 0.3 is 0 Å². The first-order valence-electron chi connectivity index (χ1n) is 4.68. The molecule has 1 aromatic heterocycles. The fourth-order valence-electron chi connectivity index (χ4n) is 1.31. The van der Waals surface area contributed by atoms with Gasteiger partial charge in [-0.2, -0.15) is 4.57 Å². The van der Waals surface area contributed by atoms with Crippen LogP contribution in [0.1, 0.15) is 12.6 Å². The molecule has 0 unspecified atom stereocenters. The quantitative estimate of drug-likeness (QED) is 0.482. The van der Waals surface area contributed by atoms with E-state index in [2.05, 4.69) is 4.74 Å². The van der Waals surface area contributed by atoms with Crippen LogP contribution in [0.3, 0.4) is 0 Å². The summed E-state index contributed by atoms with van der Waals surface area (Å²) >= 11 is 11.7. The summed E-state index contributed by atoms with van der Waals surface area (Å²) in [6.07, 6.45) is 2.53. The van der Waals surface area contributed by atoms with Gasteiger partial charge in [0.2, 0.25) is 0 Å². The maximum Gasteiger partial charge on any atom is 0.260 e. The van der Waals surface area contributed by atoms with Crippen LogP contribution >= 0.6 is 29.1 Å². The highest BCUT2D eigenvalue weighted by molar-refractivity contribution is 8.10. The molecule has 0 radical (unpaired) electrons. The molecule has 0 spiro atoms. The number of aryl methyl sites for hydroxylation is 1. The van der Waals surface area contributed by atoms with Gasteiger partial charge < -0.3 is 9.84 Å². The van der Waals surface area contributed by atoms with E-state index in [1.165, 1.54) is 7.11 Å². The van der Waals surface area contributed by atoms with Crippen molar-refractivity contribution in [3.05, 3.63) is 36.0 Å². The first-order valence-corrected chi connectivity index (χ1v) is 7.83. The Bertz CT molecular complexity index is 396. The average Bonchev–Trinajstić information content (AvgIpc) is 2.29. The van der Waals surface area contributed by atoms with Gasteiger partial charge in [0.05, 0.1) is 0 Å². The van der Waals surface area contributed by atoms with Gasteiger partial charge in [-0.25, -0.2) is 0 Å². The van der Waals surface area contributed by atoms with Crippen molar-refractivity contribution >= 4 is 34.5 Å². The lowest BCUT2D eigenvalue weighted by molar-refractivity contribution is -0.589. The van der Waals surface area contributed by atoms with Crippen molar-refractivity contribution in [2.45, 2.75) is 13.3 Å². The van der Waals surface area contributed by atoms with Crippen LogP contribution in [-0.2, 0) is 11.2 Å². The van der Waals surface area contributed by atoms with E-state index in [4.69, 9.17) is 22.5 Å². The van der Waals surface area contributed by atoms with Gasteiger partial charge in [0.1, 0.15) is 5.95 Å². The van der Waals surface area contributed by atoms with E-state index in [-0.39, 0.29) is 5.44 Å². The van der Waals surface area contributed by atoms with Gasteiger partial charge in [-0.1, -0.05) is 35.5 Å². The summed E-state index contributed by atoms with van der Waals surface area (Å²) in [4.78, 5) is 0. The molecule has 3 nitrogen and oxygen atoms in total. The number of ether oxygens (including phenoxy) is 1. The highest BCUT2D eigenvalue weighted by Crippen LogP contribution is 2.55. The van der Waals surface area contributed by atoms with Crippen LogP contribution in [0.4, 0.5) is 0 Å². The minimum atomic E-state index is -1.56. The summed E-state index contributed by atoms with van der Waals surface area (Å²) in [7, 11) is 1.31. The minimum absolute atomic E-state index is 0.276. The zero-order valence-corrected chi connectivity index (χ0v) is 11.4. The van der Waals surface area contributed by atoms with Crippen molar-refractivity contribution in [3.63, 3.8) is 0 Å². The summed E-state index contributed by atoms with van der Waals surface area (Å²) in [6.45, 7) is 0.434. The second-order valence-electron chi connectivity index (χ2n) is 2.96. The molecule has 88 valence electrons. The van der Waals surface area contributed by atoms with Crippen molar-refractivity contribution in [1.82, 2.24) is 0 Å². The Morgan fingerprint density at radius 1 is 1.50 bits per heavy atom. The fraction of sp³-hybridized carbons (Fsp3) is 0.300. The van der Waals surface area contributed by atoms with E-state index >= 15 is 0 Å². The molecule has 0 aliphatic rings. The molecule has 16 heavy (non-hydrogen) atoms. The molecule has 0 aliphatic carbocycles. The van der Waals surface area contributed by atoms with Crippen LogP contribution in [0, 0.1) is 0 Å². The van der Waals surface area contributed by atoms with Crippen LogP contribution in [0.2, 0.25) is 0 Å². The third kappa shape index (κ3) is 3.00. The fourth-order valence-corrected chi connectivity index (χ4v) is 2.80. The first kappa shape index (κ1) is 13.6. The predicted molar refractivity (Wildman–Crippen MR) is 64.9 cm³/mol. The van der Waals surface area contributed by atoms with Gasteiger partial charge in [-0.15, -0.1) is 0 Å². The van der Waals surface area contributed by atoms with Crippen molar-refractivity contribution in [3.8, 4) is 0 Å². The molecule has 0 aliphatic heterocycles. The summed E-state index contributed by atoms with van der Waals surface area (Å²) in [6, 6.07) is 5.62. The van der Waals surface area contributed by atoms with E-state index in [0.717, 1.165) is 12.1 Å².